The van der Waals surface area contributed by atoms with E-state index < -0.39 is 17.5 Å². The highest BCUT2D eigenvalue weighted by atomic mass is 35.5. The van der Waals surface area contributed by atoms with E-state index in [2.05, 4.69) is 0 Å². The van der Waals surface area contributed by atoms with Gasteiger partial charge in [0.15, 0.2) is 6.10 Å². The molecule has 3 aromatic rings. The van der Waals surface area contributed by atoms with Crippen molar-refractivity contribution in [1.29, 1.82) is 0 Å². The number of aliphatic carboxylic acids is 1. The van der Waals surface area contributed by atoms with E-state index in [9.17, 15) is 14.7 Å². The molecule has 7 heteroatoms. The lowest BCUT2D eigenvalue weighted by Gasteiger charge is -2.11. The van der Waals surface area contributed by atoms with Crippen LogP contribution in [0.2, 0.25) is 5.02 Å². The molecule has 0 aliphatic rings. The Bertz CT molecular complexity index is 991. The lowest BCUT2D eigenvalue weighted by Crippen LogP contribution is -2.22. The van der Waals surface area contributed by atoms with Gasteiger partial charge in [0.25, 0.3) is 0 Å². The van der Waals surface area contributed by atoms with Gasteiger partial charge in [-0.2, -0.15) is 0 Å². The van der Waals surface area contributed by atoms with Crippen molar-refractivity contribution < 1.29 is 24.2 Å². The van der Waals surface area contributed by atoms with Crippen LogP contribution in [0.4, 0.5) is 0 Å². The van der Waals surface area contributed by atoms with E-state index in [1.165, 1.54) is 31.2 Å². The Morgan fingerprint density at radius 1 is 1.26 bits per heavy atom. The maximum absolute atomic E-state index is 12.5. The van der Waals surface area contributed by atoms with Gasteiger partial charge in [-0.1, -0.05) is 11.6 Å². The molecule has 0 aliphatic carbocycles. The molecule has 0 saturated carbocycles. The minimum Gasteiger partial charge on any atom is -0.507 e. The second-order valence-corrected chi connectivity index (χ2v) is 5.42. The van der Waals surface area contributed by atoms with E-state index in [1.807, 2.05) is 0 Å². The minimum absolute atomic E-state index is 0.00449. The first kappa shape index (κ1) is 15.2. The topological polar surface area (TPSA) is 97.0 Å². The third-order valence-corrected chi connectivity index (χ3v) is 3.59. The summed E-state index contributed by atoms with van der Waals surface area (Å²) in [5, 5.41) is 19.6. The summed E-state index contributed by atoms with van der Waals surface area (Å²) < 4.78 is 10.8. The van der Waals surface area contributed by atoms with Crippen molar-refractivity contribution in [3.05, 3.63) is 45.6 Å². The van der Waals surface area contributed by atoms with E-state index in [0.717, 1.165) is 0 Å². The molecule has 0 saturated heterocycles. The van der Waals surface area contributed by atoms with Gasteiger partial charge in [-0.3, -0.25) is 4.79 Å². The summed E-state index contributed by atoms with van der Waals surface area (Å²) in [5.74, 6) is -1.42. The van der Waals surface area contributed by atoms with Gasteiger partial charge in [-0.05, 0) is 19.1 Å². The number of carbonyl (C=O) groups is 1. The summed E-state index contributed by atoms with van der Waals surface area (Å²) in [4.78, 5) is 23.3. The van der Waals surface area contributed by atoms with Crippen molar-refractivity contribution in [3.63, 3.8) is 0 Å². The number of aromatic hydroxyl groups is 1. The van der Waals surface area contributed by atoms with E-state index in [0.29, 0.717) is 5.02 Å². The molecule has 0 fully saturated rings. The number of carboxylic acid groups (broad SMARTS) is 1. The van der Waals surface area contributed by atoms with Gasteiger partial charge in [0, 0.05) is 23.2 Å². The lowest BCUT2D eigenvalue weighted by atomic mass is 10.1. The average Bonchev–Trinajstić information content (AvgIpc) is 2.46. The van der Waals surface area contributed by atoms with Crippen LogP contribution in [0.25, 0.3) is 21.9 Å². The standard InChI is InChI=1S/C16H11ClO6/c1-7(16(20)21)22-9-5-11(18)14-13(6-9)23-12-4-8(17)2-3-10(12)15(14)19/h2-7,18H,1H3,(H,20,21). The number of carboxylic acids is 1. The molecule has 0 aliphatic heterocycles. The molecule has 0 radical (unpaired) electrons. The number of hydrogen-bond acceptors (Lipinski definition) is 5. The maximum atomic E-state index is 12.5. The zero-order valence-corrected chi connectivity index (χ0v) is 12.6. The summed E-state index contributed by atoms with van der Waals surface area (Å²) in [7, 11) is 0. The first-order valence-electron chi connectivity index (χ1n) is 6.65. The van der Waals surface area contributed by atoms with E-state index >= 15 is 0 Å². The molecule has 3 rings (SSSR count). The Morgan fingerprint density at radius 2 is 2.00 bits per heavy atom. The molecule has 2 aromatic carbocycles. The molecular weight excluding hydrogens is 324 g/mol. The highest BCUT2D eigenvalue weighted by molar-refractivity contribution is 6.31. The summed E-state index contributed by atoms with van der Waals surface area (Å²) >= 11 is 5.89. The molecule has 1 atom stereocenters. The van der Waals surface area contributed by atoms with Crippen LogP contribution in [0.15, 0.2) is 39.5 Å². The van der Waals surface area contributed by atoms with Crippen molar-refractivity contribution in [3.8, 4) is 11.5 Å². The first-order valence-corrected chi connectivity index (χ1v) is 7.03. The lowest BCUT2D eigenvalue weighted by molar-refractivity contribution is -0.144. The monoisotopic (exact) mass is 334 g/mol. The smallest absolute Gasteiger partial charge is 0.344 e. The van der Waals surface area contributed by atoms with Gasteiger partial charge in [0.2, 0.25) is 5.43 Å². The van der Waals surface area contributed by atoms with E-state index in [-0.39, 0.29) is 33.4 Å². The highest BCUT2D eigenvalue weighted by Gasteiger charge is 2.17. The molecule has 118 valence electrons. The van der Waals surface area contributed by atoms with E-state index in [4.69, 9.17) is 25.9 Å². The normalized spacial score (nSPS) is 12.4. The largest absolute Gasteiger partial charge is 0.507 e. The Balaban J connectivity index is 2.25. The van der Waals surface area contributed by atoms with Crippen LogP contribution in [0, 0.1) is 0 Å². The molecule has 2 N–H and O–H groups in total. The number of fused-ring (bicyclic) bond motifs is 2. The second-order valence-electron chi connectivity index (χ2n) is 4.99. The SMILES string of the molecule is CC(Oc1cc(O)c2c(=O)c3ccc(Cl)cc3oc2c1)C(=O)O. The van der Waals surface area contributed by atoms with Gasteiger partial charge >= 0.3 is 5.97 Å². The van der Waals surface area contributed by atoms with Gasteiger partial charge in [-0.15, -0.1) is 0 Å². The number of ether oxygens (including phenoxy) is 1. The van der Waals surface area contributed by atoms with Crippen molar-refractivity contribution in [2.45, 2.75) is 13.0 Å². The van der Waals surface area contributed by atoms with Crippen LogP contribution >= 0.6 is 11.6 Å². The molecule has 1 heterocycles. The molecule has 1 unspecified atom stereocenters. The van der Waals surface area contributed by atoms with Crippen molar-refractivity contribution >= 4 is 39.5 Å². The Morgan fingerprint density at radius 3 is 2.70 bits per heavy atom. The first-order chi connectivity index (χ1) is 10.9. The summed E-state index contributed by atoms with van der Waals surface area (Å²) in [6, 6.07) is 7.09. The third kappa shape index (κ3) is 2.68. The number of halogens is 1. The Kier molecular flexibility index (Phi) is 3.61. The molecule has 0 spiro atoms. The summed E-state index contributed by atoms with van der Waals surface area (Å²) in [6.45, 7) is 1.35. The van der Waals surface area contributed by atoms with Gasteiger partial charge in [-0.25, -0.2) is 4.79 Å². The molecule has 0 amide bonds. The quantitative estimate of drug-likeness (QED) is 0.714. The number of rotatable bonds is 3. The van der Waals surface area contributed by atoms with Gasteiger partial charge in [0.05, 0.1) is 5.39 Å². The number of hydrogen-bond donors (Lipinski definition) is 2. The van der Waals surface area contributed by atoms with Crippen LogP contribution in [0.3, 0.4) is 0 Å². The fourth-order valence-electron chi connectivity index (χ4n) is 2.23. The fourth-order valence-corrected chi connectivity index (χ4v) is 2.39. The highest BCUT2D eigenvalue weighted by Crippen LogP contribution is 2.31. The van der Waals surface area contributed by atoms with Crippen LogP contribution in [-0.2, 0) is 4.79 Å². The number of phenolic OH excluding ortho intramolecular Hbond substituents is 1. The summed E-state index contributed by atoms with van der Waals surface area (Å²) in [5.41, 5.74) is -0.0663. The number of benzene rings is 2. The van der Waals surface area contributed by atoms with Crippen molar-refractivity contribution in [1.82, 2.24) is 0 Å². The third-order valence-electron chi connectivity index (χ3n) is 3.35. The van der Waals surface area contributed by atoms with E-state index in [1.54, 1.807) is 6.07 Å². The van der Waals surface area contributed by atoms with Gasteiger partial charge < -0.3 is 19.4 Å². The molecule has 1 aromatic heterocycles. The number of phenols is 1. The maximum Gasteiger partial charge on any atom is 0.344 e. The molecule has 23 heavy (non-hydrogen) atoms. The van der Waals surface area contributed by atoms with Crippen LogP contribution in [0.1, 0.15) is 6.92 Å². The summed E-state index contributed by atoms with van der Waals surface area (Å²) in [6.07, 6.45) is -1.12. The molecule has 0 bridgehead atoms. The zero-order chi connectivity index (χ0) is 16.7. The van der Waals surface area contributed by atoms with Crippen LogP contribution in [-0.4, -0.2) is 22.3 Å². The minimum atomic E-state index is -1.16. The second kappa shape index (κ2) is 5.48. The van der Waals surface area contributed by atoms with Crippen molar-refractivity contribution in [2.75, 3.05) is 0 Å². The fraction of sp³-hybridized carbons (Fsp3) is 0.125. The zero-order valence-electron chi connectivity index (χ0n) is 11.9. The van der Waals surface area contributed by atoms with Gasteiger partial charge in [0.1, 0.15) is 28.1 Å². The molecule has 6 nitrogen and oxygen atoms in total. The Labute approximate surface area is 134 Å². The predicted octanol–water partition coefficient (Wildman–Crippen LogP) is 3.16. The predicted molar refractivity (Wildman–Crippen MR) is 84.4 cm³/mol. The Hall–Kier alpha value is -2.73. The van der Waals surface area contributed by atoms with Crippen LogP contribution in [0.5, 0.6) is 11.5 Å². The average molecular weight is 335 g/mol. The molecular formula is C16H11ClO6. The van der Waals surface area contributed by atoms with Crippen LogP contribution < -0.4 is 10.2 Å². The van der Waals surface area contributed by atoms with Crippen molar-refractivity contribution in [2.24, 2.45) is 0 Å².